The van der Waals surface area contributed by atoms with Gasteiger partial charge in [0.25, 0.3) is 5.91 Å². The zero-order chi connectivity index (χ0) is 9.84. The van der Waals surface area contributed by atoms with Gasteiger partial charge in [-0.3, -0.25) is 4.79 Å². The predicted molar refractivity (Wildman–Crippen MR) is 52.7 cm³/mol. The summed E-state index contributed by atoms with van der Waals surface area (Å²) in [5.74, 6) is -0.0581. The van der Waals surface area contributed by atoms with Gasteiger partial charge in [0.15, 0.2) is 0 Å². The second-order valence-electron chi connectivity index (χ2n) is 2.59. The van der Waals surface area contributed by atoms with E-state index in [1.165, 1.54) is 11.3 Å². The van der Waals surface area contributed by atoms with Crippen molar-refractivity contribution < 1.29 is 4.79 Å². The minimum atomic E-state index is -0.0581. The van der Waals surface area contributed by atoms with E-state index in [0.29, 0.717) is 18.0 Å². The van der Waals surface area contributed by atoms with E-state index >= 15 is 0 Å². The van der Waals surface area contributed by atoms with E-state index in [1.807, 2.05) is 13.8 Å². The summed E-state index contributed by atoms with van der Waals surface area (Å²) < 4.78 is 0. The topological polar surface area (TPSA) is 68.0 Å². The second kappa shape index (κ2) is 4.34. The zero-order valence-electron chi connectivity index (χ0n) is 7.76. The largest absolute Gasteiger partial charge is 0.352 e. The van der Waals surface area contributed by atoms with Gasteiger partial charge < -0.3 is 11.1 Å². The zero-order valence-corrected chi connectivity index (χ0v) is 8.57. The van der Waals surface area contributed by atoms with Crippen molar-refractivity contribution in [1.29, 1.82) is 0 Å². The molecule has 1 rings (SSSR count). The first-order valence-electron chi connectivity index (χ1n) is 4.13. The normalized spacial score (nSPS) is 10.1. The molecule has 1 heterocycles. The minimum Gasteiger partial charge on any atom is -0.352 e. The fourth-order valence-corrected chi connectivity index (χ4v) is 1.85. The van der Waals surface area contributed by atoms with E-state index in [0.717, 1.165) is 10.7 Å². The SMILES string of the molecule is CCNC(=O)c1sc(CN)nc1C. The third-order valence-electron chi connectivity index (χ3n) is 1.56. The Morgan fingerprint density at radius 3 is 2.85 bits per heavy atom. The lowest BCUT2D eigenvalue weighted by atomic mass is 10.4. The molecule has 72 valence electrons. The monoisotopic (exact) mass is 199 g/mol. The first kappa shape index (κ1) is 10.1. The van der Waals surface area contributed by atoms with Crippen LogP contribution in [0.1, 0.15) is 27.3 Å². The van der Waals surface area contributed by atoms with E-state index in [2.05, 4.69) is 10.3 Å². The number of nitrogens with two attached hydrogens (primary N) is 1. The number of hydrogen-bond acceptors (Lipinski definition) is 4. The number of aryl methyl sites for hydroxylation is 1. The summed E-state index contributed by atoms with van der Waals surface area (Å²) in [6.45, 7) is 4.73. The summed E-state index contributed by atoms with van der Waals surface area (Å²) in [4.78, 5) is 16.2. The van der Waals surface area contributed by atoms with Gasteiger partial charge in [-0.05, 0) is 13.8 Å². The molecule has 1 aromatic heterocycles. The van der Waals surface area contributed by atoms with Gasteiger partial charge in [-0.2, -0.15) is 0 Å². The molecule has 0 spiro atoms. The van der Waals surface area contributed by atoms with Crippen LogP contribution in [0.3, 0.4) is 0 Å². The first-order valence-corrected chi connectivity index (χ1v) is 4.95. The molecule has 0 saturated heterocycles. The second-order valence-corrected chi connectivity index (χ2v) is 3.67. The molecule has 0 aliphatic carbocycles. The van der Waals surface area contributed by atoms with Gasteiger partial charge in [0, 0.05) is 13.1 Å². The number of amides is 1. The fourth-order valence-electron chi connectivity index (χ4n) is 0.991. The molecule has 1 aromatic rings. The highest BCUT2D eigenvalue weighted by molar-refractivity contribution is 7.13. The van der Waals surface area contributed by atoms with Crippen LogP contribution in [-0.4, -0.2) is 17.4 Å². The lowest BCUT2D eigenvalue weighted by Crippen LogP contribution is -2.22. The molecule has 0 bridgehead atoms. The van der Waals surface area contributed by atoms with E-state index < -0.39 is 0 Å². The van der Waals surface area contributed by atoms with Gasteiger partial charge in [-0.15, -0.1) is 11.3 Å². The van der Waals surface area contributed by atoms with Crippen LogP contribution >= 0.6 is 11.3 Å². The Hall–Kier alpha value is -0.940. The van der Waals surface area contributed by atoms with Crippen molar-refractivity contribution in [2.45, 2.75) is 20.4 Å². The van der Waals surface area contributed by atoms with Crippen LogP contribution in [0.2, 0.25) is 0 Å². The van der Waals surface area contributed by atoms with Crippen LogP contribution in [-0.2, 0) is 6.54 Å². The van der Waals surface area contributed by atoms with Gasteiger partial charge >= 0.3 is 0 Å². The van der Waals surface area contributed by atoms with E-state index in [9.17, 15) is 4.79 Å². The van der Waals surface area contributed by atoms with Crippen LogP contribution in [0, 0.1) is 6.92 Å². The minimum absolute atomic E-state index is 0.0581. The standard InChI is InChI=1S/C8H13N3OS/c1-3-10-8(12)7-5(2)11-6(4-9)13-7/h3-4,9H2,1-2H3,(H,10,12). The molecule has 13 heavy (non-hydrogen) atoms. The molecule has 0 atom stereocenters. The van der Waals surface area contributed by atoms with Crippen molar-refractivity contribution in [1.82, 2.24) is 10.3 Å². The third-order valence-corrected chi connectivity index (χ3v) is 2.74. The number of nitrogens with one attached hydrogen (secondary N) is 1. The molecule has 0 unspecified atom stereocenters. The van der Waals surface area contributed by atoms with Crippen LogP contribution < -0.4 is 11.1 Å². The van der Waals surface area contributed by atoms with Crippen LogP contribution in [0.5, 0.6) is 0 Å². The molecule has 0 aliphatic rings. The average molecular weight is 199 g/mol. The van der Waals surface area contributed by atoms with Crippen molar-refractivity contribution in [3.05, 3.63) is 15.6 Å². The molecule has 0 saturated carbocycles. The number of thiazole rings is 1. The number of aromatic nitrogens is 1. The number of nitrogens with zero attached hydrogens (tertiary/aromatic N) is 1. The maximum absolute atomic E-state index is 11.4. The molecule has 0 aliphatic heterocycles. The molecular weight excluding hydrogens is 186 g/mol. The van der Waals surface area contributed by atoms with Crippen LogP contribution in [0.4, 0.5) is 0 Å². The molecule has 0 radical (unpaired) electrons. The van der Waals surface area contributed by atoms with Gasteiger partial charge in [0.2, 0.25) is 0 Å². The van der Waals surface area contributed by atoms with E-state index in [-0.39, 0.29) is 5.91 Å². The van der Waals surface area contributed by atoms with Gasteiger partial charge in [-0.1, -0.05) is 0 Å². The van der Waals surface area contributed by atoms with Crippen molar-refractivity contribution in [2.24, 2.45) is 5.73 Å². The van der Waals surface area contributed by atoms with Crippen molar-refractivity contribution >= 4 is 17.2 Å². The Morgan fingerprint density at radius 2 is 2.38 bits per heavy atom. The Morgan fingerprint density at radius 1 is 1.69 bits per heavy atom. The van der Waals surface area contributed by atoms with Gasteiger partial charge in [0.05, 0.1) is 5.69 Å². The molecule has 5 heteroatoms. The summed E-state index contributed by atoms with van der Waals surface area (Å²) in [6, 6.07) is 0. The van der Waals surface area contributed by atoms with Crippen molar-refractivity contribution in [2.75, 3.05) is 6.54 Å². The first-order chi connectivity index (χ1) is 6.19. The maximum Gasteiger partial charge on any atom is 0.263 e. The summed E-state index contributed by atoms with van der Waals surface area (Å²) in [5, 5.41) is 3.54. The molecule has 0 fully saturated rings. The quantitative estimate of drug-likeness (QED) is 0.751. The number of rotatable bonds is 3. The Balaban J connectivity index is 2.87. The van der Waals surface area contributed by atoms with Crippen molar-refractivity contribution in [3.8, 4) is 0 Å². The molecule has 4 nitrogen and oxygen atoms in total. The highest BCUT2D eigenvalue weighted by Crippen LogP contribution is 2.17. The Kier molecular flexibility index (Phi) is 3.39. The summed E-state index contributed by atoms with van der Waals surface area (Å²) in [7, 11) is 0. The van der Waals surface area contributed by atoms with Crippen LogP contribution in [0.25, 0.3) is 0 Å². The highest BCUT2D eigenvalue weighted by Gasteiger charge is 2.13. The fraction of sp³-hybridized carbons (Fsp3) is 0.500. The Bertz CT molecular complexity index is 308. The van der Waals surface area contributed by atoms with Crippen LogP contribution in [0.15, 0.2) is 0 Å². The maximum atomic E-state index is 11.4. The molecule has 3 N–H and O–H groups in total. The Labute approximate surface area is 81.2 Å². The molecule has 1 amide bonds. The van der Waals surface area contributed by atoms with E-state index in [1.54, 1.807) is 0 Å². The molecule has 0 aromatic carbocycles. The summed E-state index contributed by atoms with van der Waals surface area (Å²) in [6.07, 6.45) is 0. The van der Waals surface area contributed by atoms with Gasteiger partial charge in [0.1, 0.15) is 9.88 Å². The third kappa shape index (κ3) is 2.26. The highest BCUT2D eigenvalue weighted by atomic mass is 32.1. The lowest BCUT2D eigenvalue weighted by molar-refractivity contribution is 0.0959. The number of hydrogen-bond donors (Lipinski definition) is 2. The smallest absolute Gasteiger partial charge is 0.263 e. The number of carbonyl (C=O) groups excluding carboxylic acids is 1. The predicted octanol–water partition coefficient (Wildman–Crippen LogP) is 0.660. The van der Waals surface area contributed by atoms with Crippen molar-refractivity contribution in [3.63, 3.8) is 0 Å². The summed E-state index contributed by atoms with van der Waals surface area (Å²) >= 11 is 1.36. The summed E-state index contributed by atoms with van der Waals surface area (Å²) in [5.41, 5.74) is 6.18. The average Bonchev–Trinajstić information content (AvgIpc) is 2.47. The van der Waals surface area contributed by atoms with E-state index in [4.69, 9.17) is 5.73 Å². The molecular formula is C8H13N3OS. The number of carbonyl (C=O) groups is 1. The van der Waals surface area contributed by atoms with Gasteiger partial charge in [-0.25, -0.2) is 4.98 Å². The lowest BCUT2D eigenvalue weighted by Gasteiger charge is -1.97.